The summed E-state index contributed by atoms with van der Waals surface area (Å²) < 4.78 is 0. The van der Waals surface area contributed by atoms with Crippen LogP contribution in [0.15, 0.2) is 50.6 Å². The van der Waals surface area contributed by atoms with Crippen LogP contribution in [0.2, 0.25) is 0 Å². The van der Waals surface area contributed by atoms with Crippen molar-refractivity contribution < 1.29 is 26.2 Å². The normalized spacial score (nSPS) is 3.69. The zero-order chi connectivity index (χ0) is 10.8. The molecular weight excluding hydrogens is 235 g/mol. The molecule has 0 nitrogen and oxygen atoms in total. The van der Waals surface area contributed by atoms with Gasteiger partial charge in [-0.1, -0.05) is 0 Å². The van der Waals surface area contributed by atoms with E-state index in [-0.39, 0.29) is 26.2 Å². The van der Waals surface area contributed by atoms with Crippen LogP contribution in [0.25, 0.3) is 0 Å². The van der Waals surface area contributed by atoms with Gasteiger partial charge in [0.1, 0.15) is 0 Å². The van der Waals surface area contributed by atoms with Crippen molar-refractivity contribution in [1.82, 2.24) is 0 Å². The third kappa shape index (κ3) is 2150. The Labute approximate surface area is 104 Å². The van der Waals surface area contributed by atoms with Crippen LogP contribution in [-0.2, 0) is 26.2 Å². The van der Waals surface area contributed by atoms with Crippen molar-refractivity contribution in [3.05, 3.63) is 78.3 Å². The molecule has 0 heterocycles. The van der Waals surface area contributed by atoms with E-state index < -0.39 is 0 Å². The van der Waals surface area contributed by atoms with Gasteiger partial charge in [-0.15, -0.1) is 0 Å². The second kappa shape index (κ2) is 109. The molecule has 72 valence electrons. The Hall–Kier alpha value is -0.677. The predicted octanol–water partition coefficient (Wildman–Crippen LogP) is 4.02. The first-order valence-electron chi connectivity index (χ1n) is 3.27. The molecule has 0 rings (SSSR count). The molecule has 0 spiro atoms. The molecule has 0 N–H and O–H groups in total. The molecule has 0 aliphatic heterocycles. The molecule has 0 aliphatic rings. The van der Waals surface area contributed by atoms with Crippen LogP contribution in [0.3, 0.4) is 0 Å². The largest absolute Gasteiger partial charge is 4.00 e. The Bertz CT molecular complexity index is 59.1. The van der Waals surface area contributed by atoms with Crippen LogP contribution >= 0.6 is 0 Å². The predicted molar refractivity (Wildman–Crippen MR) is 62.2 cm³/mol. The van der Waals surface area contributed by atoms with Gasteiger partial charge in [0.2, 0.25) is 0 Å². The first-order valence-corrected chi connectivity index (χ1v) is 3.27. The maximum Gasteiger partial charge on any atom is 4.00 e. The second-order valence-corrected chi connectivity index (χ2v) is 1.15. The smallest absolute Gasteiger partial charge is 0.245 e. The van der Waals surface area contributed by atoms with Gasteiger partial charge in [0.25, 0.3) is 0 Å². The van der Waals surface area contributed by atoms with Crippen molar-refractivity contribution in [3.63, 3.8) is 0 Å². The van der Waals surface area contributed by atoms with Gasteiger partial charge >= 0.3 is 26.2 Å². The van der Waals surface area contributed by atoms with Gasteiger partial charge in [0, 0.05) is 0 Å². The molecule has 0 unspecified atom stereocenters. The summed E-state index contributed by atoms with van der Waals surface area (Å²) in [6.45, 7) is 26.0. The number of allylic oxidation sites excluding steroid dienone is 4. The molecule has 0 bridgehead atoms. The fourth-order valence-corrected chi connectivity index (χ4v) is 0. The summed E-state index contributed by atoms with van der Waals surface area (Å²) in [5, 5.41) is 0. The molecule has 0 aromatic heterocycles. The van der Waals surface area contributed by atoms with Crippen LogP contribution in [-0.4, -0.2) is 0 Å². The molecule has 0 amide bonds. The molecule has 0 saturated heterocycles. The minimum absolute atomic E-state index is 0. The molecule has 0 aliphatic carbocycles. The van der Waals surface area contributed by atoms with Crippen LogP contribution in [0.1, 0.15) is 0 Å². The first-order chi connectivity index (χ1) is 5.66. The van der Waals surface area contributed by atoms with Crippen LogP contribution in [0.5, 0.6) is 0 Å². The van der Waals surface area contributed by atoms with E-state index in [1.165, 1.54) is 24.3 Å². The molecular formula is C12H20Zr. The molecule has 13 heavy (non-hydrogen) atoms. The molecule has 0 aromatic rings. The van der Waals surface area contributed by atoms with E-state index >= 15 is 0 Å². The Morgan fingerprint density at radius 1 is 0.538 bits per heavy atom. The zero-order valence-corrected chi connectivity index (χ0v) is 10.9. The summed E-state index contributed by atoms with van der Waals surface area (Å²) in [5.41, 5.74) is 0. The molecule has 0 saturated carbocycles. The quantitative estimate of drug-likeness (QED) is 0.574. The van der Waals surface area contributed by atoms with Gasteiger partial charge in [0.15, 0.2) is 0 Å². The Morgan fingerprint density at radius 2 is 0.538 bits per heavy atom. The first kappa shape index (κ1) is 29.5. The van der Waals surface area contributed by atoms with Crippen molar-refractivity contribution in [1.29, 1.82) is 0 Å². The Kier molecular flexibility index (Phi) is 248. The van der Waals surface area contributed by atoms with E-state index in [1.807, 2.05) is 0 Å². The molecule has 0 fully saturated rings. The average Bonchev–Trinajstić information content (AvgIpc) is 1.92. The summed E-state index contributed by atoms with van der Waals surface area (Å²) in [4.78, 5) is 0. The molecule has 1 heteroatoms. The topological polar surface area (TPSA) is 0 Å². The van der Waals surface area contributed by atoms with Crippen molar-refractivity contribution in [3.8, 4) is 0 Å². The van der Waals surface area contributed by atoms with Crippen LogP contribution in [0, 0.1) is 27.7 Å². The van der Waals surface area contributed by atoms with Gasteiger partial charge in [-0.05, 0) is 0 Å². The van der Waals surface area contributed by atoms with E-state index in [0.717, 1.165) is 0 Å². The minimum Gasteiger partial charge on any atom is -0.245 e. The van der Waals surface area contributed by atoms with Gasteiger partial charge in [0.05, 0.1) is 0 Å². The van der Waals surface area contributed by atoms with Crippen molar-refractivity contribution in [2.45, 2.75) is 0 Å². The van der Waals surface area contributed by atoms with Crippen LogP contribution < -0.4 is 0 Å². The van der Waals surface area contributed by atoms with Gasteiger partial charge < -0.3 is 0 Å². The molecule has 0 radical (unpaired) electrons. The van der Waals surface area contributed by atoms with Crippen molar-refractivity contribution in [2.24, 2.45) is 0 Å². The number of rotatable bonds is 0. The van der Waals surface area contributed by atoms with Gasteiger partial charge in [-0.2, -0.15) is 0 Å². The third-order valence-electron chi connectivity index (χ3n) is 0. The summed E-state index contributed by atoms with van der Waals surface area (Å²) in [5.74, 6) is 0. The summed E-state index contributed by atoms with van der Waals surface area (Å²) in [6.07, 6.45) is 6.00. The monoisotopic (exact) mass is 254 g/mol. The fourth-order valence-electron chi connectivity index (χ4n) is 0. The molecule has 0 aromatic carbocycles. The maximum absolute atomic E-state index is 3.25. The van der Waals surface area contributed by atoms with E-state index in [0.29, 0.717) is 0 Å². The Morgan fingerprint density at radius 3 is 0.538 bits per heavy atom. The third-order valence-corrected chi connectivity index (χ3v) is 0. The van der Waals surface area contributed by atoms with Gasteiger partial charge in [-0.3, -0.25) is 0 Å². The summed E-state index contributed by atoms with van der Waals surface area (Å²) in [7, 11) is 0. The average molecular weight is 256 g/mol. The fraction of sp³-hybridized carbons (Fsp3) is 0. The van der Waals surface area contributed by atoms with Crippen molar-refractivity contribution >= 4 is 0 Å². The standard InChI is InChI=1S/4C3H5.Zr/c4*1-3-2;/h4*3H,1-2H2;/q4*-1;+4. The summed E-state index contributed by atoms with van der Waals surface area (Å²) >= 11 is 0. The van der Waals surface area contributed by atoms with Crippen LogP contribution in [0.4, 0.5) is 0 Å². The maximum atomic E-state index is 3.25. The Balaban J connectivity index is -0.0000000213. The zero-order valence-electron chi connectivity index (χ0n) is 8.47. The number of hydrogen-bond acceptors (Lipinski definition) is 0. The SMILES string of the molecule is C=C[CH2-].C=C[CH2-].C=C[CH2-].C=C[CH2-].[Zr+4]. The van der Waals surface area contributed by atoms with Crippen molar-refractivity contribution in [2.75, 3.05) is 0 Å². The van der Waals surface area contributed by atoms with E-state index in [2.05, 4.69) is 54.0 Å². The minimum atomic E-state index is 0. The summed E-state index contributed by atoms with van der Waals surface area (Å²) in [6, 6.07) is 0. The van der Waals surface area contributed by atoms with Gasteiger partial charge in [-0.25, -0.2) is 78.3 Å². The van der Waals surface area contributed by atoms with E-state index in [1.54, 1.807) is 0 Å². The molecule has 0 atom stereocenters. The van der Waals surface area contributed by atoms with E-state index in [4.69, 9.17) is 0 Å². The second-order valence-electron chi connectivity index (χ2n) is 1.15. The van der Waals surface area contributed by atoms with E-state index in [9.17, 15) is 0 Å². The number of hydrogen-bond donors (Lipinski definition) is 0.